The van der Waals surface area contributed by atoms with E-state index in [1.807, 2.05) is 12.1 Å². The number of amides is 1. The van der Waals surface area contributed by atoms with Gasteiger partial charge in [0, 0.05) is 11.3 Å². The van der Waals surface area contributed by atoms with E-state index < -0.39 is 0 Å². The Labute approximate surface area is 108 Å². The van der Waals surface area contributed by atoms with Gasteiger partial charge in [0.25, 0.3) is 5.91 Å². The number of carbonyl (C=O) groups is 1. The normalized spacial score (nSPS) is 9.29. The van der Waals surface area contributed by atoms with E-state index in [-0.39, 0.29) is 5.91 Å². The molecule has 90 valence electrons. The smallest absolute Gasteiger partial charge is 0.253 e. The van der Waals surface area contributed by atoms with Gasteiger partial charge in [-0.1, -0.05) is 31.4 Å². The van der Waals surface area contributed by atoms with Crippen molar-refractivity contribution in [3.05, 3.63) is 29.8 Å². The van der Waals surface area contributed by atoms with Crippen LogP contribution in [0.3, 0.4) is 0 Å². The Bertz CT molecular complexity index is 431. The van der Waals surface area contributed by atoms with Gasteiger partial charge >= 0.3 is 0 Å². The highest BCUT2D eigenvalue weighted by atomic mass is 32.1. The highest BCUT2D eigenvalue weighted by Crippen LogP contribution is 2.12. The van der Waals surface area contributed by atoms with E-state index >= 15 is 0 Å². The fraction of sp³-hybridized carbons (Fsp3) is 0.357. The molecule has 1 rings (SSSR count). The third kappa shape index (κ3) is 4.97. The molecule has 17 heavy (non-hydrogen) atoms. The molecule has 0 heterocycles. The molecule has 3 heteroatoms. The van der Waals surface area contributed by atoms with Gasteiger partial charge in [0.2, 0.25) is 0 Å². The molecule has 0 aliphatic rings. The van der Waals surface area contributed by atoms with Crippen molar-refractivity contribution in [2.24, 2.45) is 0 Å². The van der Waals surface area contributed by atoms with Crippen molar-refractivity contribution in [1.29, 1.82) is 0 Å². The monoisotopic (exact) mass is 247 g/mol. The molecule has 0 unspecified atom stereocenters. The second-order valence-electron chi connectivity index (χ2n) is 3.66. The quantitative estimate of drug-likeness (QED) is 0.478. The number of nitrogens with one attached hydrogen (secondary N) is 1. The summed E-state index contributed by atoms with van der Waals surface area (Å²) in [6, 6.07) is 7.22. The maximum atomic E-state index is 11.7. The fourth-order valence-corrected chi connectivity index (χ4v) is 1.56. The molecule has 1 aromatic rings. The van der Waals surface area contributed by atoms with Crippen molar-refractivity contribution in [2.45, 2.75) is 31.1 Å². The SMILES string of the molecule is CCCCC#CCNC(=O)c1ccccc1S. The molecule has 0 atom stereocenters. The maximum absolute atomic E-state index is 11.7. The van der Waals surface area contributed by atoms with Crippen LogP contribution in [0.15, 0.2) is 29.2 Å². The van der Waals surface area contributed by atoms with E-state index in [0.717, 1.165) is 19.3 Å². The Kier molecular flexibility index (Phi) is 6.27. The highest BCUT2D eigenvalue weighted by molar-refractivity contribution is 7.80. The van der Waals surface area contributed by atoms with Crippen molar-refractivity contribution >= 4 is 18.5 Å². The summed E-state index contributed by atoms with van der Waals surface area (Å²) in [6.07, 6.45) is 3.16. The molecule has 0 radical (unpaired) electrons. The van der Waals surface area contributed by atoms with E-state index in [1.165, 1.54) is 0 Å². The Hall–Kier alpha value is -1.40. The van der Waals surface area contributed by atoms with Gasteiger partial charge in [-0.15, -0.1) is 18.5 Å². The second kappa shape index (κ2) is 7.81. The number of hydrogen-bond acceptors (Lipinski definition) is 2. The number of carbonyl (C=O) groups excluding carboxylic acids is 1. The number of thiol groups is 1. The average Bonchev–Trinajstić information content (AvgIpc) is 2.34. The predicted octanol–water partition coefficient (Wildman–Crippen LogP) is 2.90. The lowest BCUT2D eigenvalue weighted by atomic mass is 10.2. The summed E-state index contributed by atoms with van der Waals surface area (Å²) in [5.74, 6) is 5.83. The topological polar surface area (TPSA) is 29.1 Å². The van der Waals surface area contributed by atoms with Gasteiger partial charge in [0.05, 0.1) is 12.1 Å². The van der Waals surface area contributed by atoms with Crippen molar-refractivity contribution in [1.82, 2.24) is 5.32 Å². The molecule has 0 saturated carbocycles. The molecular weight excluding hydrogens is 230 g/mol. The molecule has 0 bridgehead atoms. The van der Waals surface area contributed by atoms with Gasteiger partial charge in [-0.25, -0.2) is 0 Å². The lowest BCUT2D eigenvalue weighted by Crippen LogP contribution is -2.23. The van der Waals surface area contributed by atoms with Crippen molar-refractivity contribution in [3.8, 4) is 11.8 Å². The van der Waals surface area contributed by atoms with E-state index in [2.05, 4.69) is 36.7 Å². The van der Waals surface area contributed by atoms with Gasteiger partial charge in [0.15, 0.2) is 0 Å². The van der Waals surface area contributed by atoms with Crippen LogP contribution in [-0.4, -0.2) is 12.5 Å². The van der Waals surface area contributed by atoms with Crippen molar-refractivity contribution in [3.63, 3.8) is 0 Å². The molecule has 1 aromatic carbocycles. The summed E-state index contributed by atoms with van der Waals surface area (Å²) >= 11 is 4.23. The number of benzene rings is 1. The molecule has 0 aromatic heterocycles. The van der Waals surface area contributed by atoms with E-state index in [9.17, 15) is 4.79 Å². The van der Waals surface area contributed by atoms with Gasteiger partial charge in [-0.2, -0.15) is 0 Å². The van der Waals surface area contributed by atoms with Gasteiger partial charge in [-0.3, -0.25) is 4.79 Å². The molecule has 2 nitrogen and oxygen atoms in total. The van der Waals surface area contributed by atoms with Crippen LogP contribution in [0.4, 0.5) is 0 Å². The molecule has 0 aliphatic heterocycles. The first-order chi connectivity index (χ1) is 8.25. The minimum atomic E-state index is -0.125. The summed E-state index contributed by atoms with van der Waals surface area (Å²) in [5.41, 5.74) is 0.589. The second-order valence-corrected chi connectivity index (χ2v) is 4.14. The standard InChI is InChI=1S/C14H17NOS/c1-2-3-4-5-8-11-15-14(16)12-9-6-7-10-13(12)17/h6-7,9-10,17H,2-4,11H2,1H3,(H,15,16). The van der Waals surface area contributed by atoms with Crippen LogP contribution in [0.25, 0.3) is 0 Å². The van der Waals surface area contributed by atoms with E-state index in [0.29, 0.717) is 17.0 Å². The minimum absolute atomic E-state index is 0.125. The molecule has 1 N–H and O–H groups in total. The lowest BCUT2D eigenvalue weighted by Gasteiger charge is -2.03. The predicted molar refractivity (Wildman–Crippen MR) is 73.3 cm³/mol. The number of rotatable bonds is 4. The highest BCUT2D eigenvalue weighted by Gasteiger charge is 2.06. The summed E-state index contributed by atoms with van der Waals surface area (Å²) in [4.78, 5) is 12.4. The molecule has 0 saturated heterocycles. The third-order valence-corrected chi connectivity index (χ3v) is 2.66. The Morgan fingerprint density at radius 3 is 2.82 bits per heavy atom. The third-order valence-electron chi connectivity index (χ3n) is 2.27. The summed E-state index contributed by atoms with van der Waals surface area (Å²) < 4.78 is 0. The Morgan fingerprint density at radius 1 is 1.35 bits per heavy atom. The molecule has 0 spiro atoms. The zero-order valence-corrected chi connectivity index (χ0v) is 10.9. The van der Waals surface area contributed by atoms with Crippen LogP contribution in [0.2, 0.25) is 0 Å². The minimum Gasteiger partial charge on any atom is -0.341 e. The summed E-state index contributed by atoms with van der Waals surface area (Å²) in [6.45, 7) is 2.53. The van der Waals surface area contributed by atoms with E-state index in [4.69, 9.17) is 0 Å². The van der Waals surface area contributed by atoms with Crippen LogP contribution >= 0.6 is 12.6 Å². The van der Waals surface area contributed by atoms with Crippen LogP contribution in [-0.2, 0) is 0 Å². The first kappa shape index (κ1) is 13.7. The van der Waals surface area contributed by atoms with Crippen LogP contribution < -0.4 is 5.32 Å². The molecular formula is C14H17NOS. The van der Waals surface area contributed by atoms with E-state index in [1.54, 1.807) is 12.1 Å². The van der Waals surface area contributed by atoms with Crippen LogP contribution in [0.5, 0.6) is 0 Å². The van der Waals surface area contributed by atoms with Crippen molar-refractivity contribution < 1.29 is 4.79 Å². The Balaban J connectivity index is 2.40. The largest absolute Gasteiger partial charge is 0.341 e. The Morgan fingerprint density at radius 2 is 2.12 bits per heavy atom. The summed E-state index contributed by atoms with van der Waals surface area (Å²) in [5, 5.41) is 2.76. The van der Waals surface area contributed by atoms with Crippen LogP contribution in [0, 0.1) is 11.8 Å². The number of hydrogen-bond donors (Lipinski definition) is 2. The first-order valence-electron chi connectivity index (χ1n) is 5.77. The van der Waals surface area contributed by atoms with Crippen molar-refractivity contribution in [2.75, 3.05) is 6.54 Å². The molecule has 0 aliphatic carbocycles. The molecule has 1 amide bonds. The number of unbranched alkanes of at least 4 members (excludes halogenated alkanes) is 2. The van der Waals surface area contributed by atoms with Gasteiger partial charge < -0.3 is 5.32 Å². The zero-order valence-electron chi connectivity index (χ0n) is 9.99. The average molecular weight is 247 g/mol. The first-order valence-corrected chi connectivity index (χ1v) is 6.22. The summed E-state index contributed by atoms with van der Waals surface area (Å²) in [7, 11) is 0. The van der Waals surface area contributed by atoms with Gasteiger partial charge in [0.1, 0.15) is 0 Å². The zero-order chi connectivity index (χ0) is 12.5. The van der Waals surface area contributed by atoms with Crippen LogP contribution in [0.1, 0.15) is 36.5 Å². The maximum Gasteiger partial charge on any atom is 0.253 e. The lowest BCUT2D eigenvalue weighted by molar-refractivity contribution is 0.0956. The molecule has 0 fully saturated rings. The van der Waals surface area contributed by atoms with Gasteiger partial charge in [-0.05, 0) is 18.6 Å². The fourth-order valence-electron chi connectivity index (χ4n) is 1.30.